The number of ether oxygens (including phenoxy) is 2. The third-order valence-electron chi connectivity index (χ3n) is 2.54. The Morgan fingerprint density at radius 2 is 1.90 bits per heavy atom. The van der Waals surface area contributed by atoms with Crippen LogP contribution >= 0.6 is 24.0 Å². The van der Waals surface area contributed by atoms with Gasteiger partial charge >= 0.3 is 0 Å². The first-order chi connectivity index (χ1) is 9.47. The number of methoxy groups -OCH3 is 2. The lowest BCUT2D eigenvalue weighted by molar-refractivity contribution is -0.127. The van der Waals surface area contributed by atoms with Crippen molar-refractivity contribution in [1.29, 1.82) is 0 Å². The highest BCUT2D eigenvalue weighted by Gasteiger charge is 2.06. The number of carbonyl (C=O) groups excluding carboxylic acids is 1. The van der Waals surface area contributed by atoms with E-state index in [1.807, 2.05) is 0 Å². The van der Waals surface area contributed by atoms with Gasteiger partial charge in [0.05, 0.1) is 14.2 Å². The number of carbonyl (C=O) groups is 1. The Morgan fingerprint density at radius 1 is 1.29 bits per heavy atom. The van der Waals surface area contributed by atoms with Gasteiger partial charge in [-0.3, -0.25) is 4.79 Å². The van der Waals surface area contributed by atoms with Crippen molar-refractivity contribution in [2.75, 3.05) is 40.2 Å². The van der Waals surface area contributed by atoms with Crippen LogP contribution in [0.15, 0.2) is 23.2 Å². The molecule has 0 fully saturated rings. The first-order valence-corrected chi connectivity index (χ1v) is 5.97. The lowest BCUT2D eigenvalue weighted by atomic mass is 10.3. The second-order valence-electron chi connectivity index (χ2n) is 4.18. The molecule has 0 heterocycles. The SMILES string of the molecule is COc1ccc(NC(N)=NCC(=O)N(C)C)cc1OC.I. The van der Waals surface area contributed by atoms with Crippen molar-refractivity contribution in [3.63, 3.8) is 0 Å². The lowest BCUT2D eigenvalue weighted by Crippen LogP contribution is -2.28. The maximum absolute atomic E-state index is 11.4. The molecule has 0 bridgehead atoms. The molecule has 1 rings (SSSR count). The smallest absolute Gasteiger partial charge is 0.243 e. The van der Waals surface area contributed by atoms with Crippen molar-refractivity contribution < 1.29 is 14.3 Å². The molecular weight excluding hydrogens is 387 g/mol. The molecule has 8 heteroatoms. The minimum atomic E-state index is -0.123. The standard InChI is InChI=1S/C13H20N4O3.HI/c1-17(2)12(18)8-15-13(14)16-9-5-6-10(19-3)11(7-9)20-4;/h5-7H,8H2,1-4H3,(H3,14,15,16);1H. The van der Waals surface area contributed by atoms with Crippen molar-refractivity contribution in [3.05, 3.63) is 18.2 Å². The number of nitrogens with one attached hydrogen (secondary N) is 1. The molecule has 7 nitrogen and oxygen atoms in total. The van der Waals surface area contributed by atoms with E-state index in [4.69, 9.17) is 15.2 Å². The first kappa shape index (κ1) is 19.3. The Labute approximate surface area is 141 Å². The third-order valence-corrected chi connectivity index (χ3v) is 2.54. The molecule has 1 aromatic rings. The maximum Gasteiger partial charge on any atom is 0.243 e. The molecule has 21 heavy (non-hydrogen) atoms. The summed E-state index contributed by atoms with van der Waals surface area (Å²) in [5, 5.41) is 2.88. The van der Waals surface area contributed by atoms with E-state index in [0.29, 0.717) is 17.2 Å². The van der Waals surface area contributed by atoms with Crippen molar-refractivity contribution >= 4 is 41.5 Å². The van der Waals surface area contributed by atoms with Crippen molar-refractivity contribution in [1.82, 2.24) is 4.90 Å². The average molecular weight is 408 g/mol. The summed E-state index contributed by atoms with van der Waals surface area (Å²) in [5.74, 6) is 1.24. The van der Waals surface area contributed by atoms with E-state index in [0.717, 1.165) is 0 Å². The van der Waals surface area contributed by atoms with Gasteiger partial charge in [0, 0.05) is 25.8 Å². The van der Waals surface area contributed by atoms with Gasteiger partial charge in [0.15, 0.2) is 17.5 Å². The maximum atomic E-state index is 11.4. The number of hydrogen-bond acceptors (Lipinski definition) is 4. The van der Waals surface area contributed by atoms with Crippen LogP contribution in [0, 0.1) is 0 Å². The van der Waals surface area contributed by atoms with Gasteiger partial charge in [0.25, 0.3) is 0 Å². The number of benzene rings is 1. The van der Waals surface area contributed by atoms with Gasteiger partial charge in [0.1, 0.15) is 6.54 Å². The van der Waals surface area contributed by atoms with Gasteiger partial charge in [-0.25, -0.2) is 4.99 Å². The van der Waals surface area contributed by atoms with E-state index in [1.54, 1.807) is 46.5 Å². The first-order valence-electron chi connectivity index (χ1n) is 5.97. The predicted molar refractivity (Wildman–Crippen MR) is 93.8 cm³/mol. The topological polar surface area (TPSA) is 89.2 Å². The number of nitrogens with zero attached hydrogens (tertiary/aromatic N) is 2. The van der Waals surface area contributed by atoms with Gasteiger partial charge in [-0.15, -0.1) is 24.0 Å². The van der Waals surface area contributed by atoms with E-state index in [1.165, 1.54) is 4.90 Å². The summed E-state index contributed by atoms with van der Waals surface area (Å²) in [5.41, 5.74) is 6.41. The fourth-order valence-electron chi connectivity index (χ4n) is 1.40. The van der Waals surface area contributed by atoms with Crippen molar-refractivity contribution in [3.8, 4) is 11.5 Å². The van der Waals surface area contributed by atoms with Crippen LogP contribution in [0.2, 0.25) is 0 Å². The molecule has 0 unspecified atom stereocenters. The molecule has 0 saturated heterocycles. The summed E-state index contributed by atoms with van der Waals surface area (Å²) in [6.45, 7) is -0.000870. The fourth-order valence-corrected chi connectivity index (χ4v) is 1.40. The number of anilines is 1. The zero-order valence-electron chi connectivity index (χ0n) is 12.5. The molecule has 0 spiro atoms. The van der Waals surface area contributed by atoms with E-state index in [-0.39, 0.29) is 42.4 Å². The van der Waals surface area contributed by atoms with Crippen molar-refractivity contribution in [2.45, 2.75) is 0 Å². The monoisotopic (exact) mass is 408 g/mol. The second kappa shape index (κ2) is 9.27. The summed E-state index contributed by atoms with van der Waals surface area (Å²) in [7, 11) is 6.44. The molecule has 0 aliphatic rings. The summed E-state index contributed by atoms with van der Waals surface area (Å²) < 4.78 is 10.3. The quantitative estimate of drug-likeness (QED) is 0.433. The number of hydrogen-bond donors (Lipinski definition) is 2. The number of likely N-dealkylation sites (N-methyl/N-ethyl adjacent to an activating group) is 1. The lowest BCUT2D eigenvalue weighted by Gasteiger charge is -2.11. The van der Waals surface area contributed by atoms with Crippen LogP contribution in [0.5, 0.6) is 11.5 Å². The Bertz CT molecular complexity index is 506. The molecule has 1 amide bonds. The molecule has 0 saturated carbocycles. The number of aliphatic imine (C=N–C) groups is 1. The molecule has 3 N–H and O–H groups in total. The molecule has 0 aliphatic heterocycles. The largest absolute Gasteiger partial charge is 0.493 e. The van der Waals surface area contributed by atoms with Crippen LogP contribution in [-0.2, 0) is 4.79 Å². The van der Waals surface area contributed by atoms with Crippen LogP contribution in [-0.4, -0.2) is 51.6 Å². The van der Waals surface area contributed by atoms with Gasteiger partial charge in [-0.2, -0.15) is 0 Å². The van der Waals surface area contributed by atoms with Crippen LogP contribution in [0.25, 0.3) is 0 Å². The molecule has 0 aliphatic carbocycles. The zero-order chi connectivity index (χ0) is 15.1. The normalized spacial score (nSPS) is 10.4. The van der Waals surface area contributed by atoms with E-state index in [2.05, 4.69) is 10.3 Å². The highest BCUT2D eigenvalue weighted by atomic mass is 127. The van der Waals surface area contributed by atoms with Gasteiger partial charge in [-0.05, 0) is 12.1 Å². The predicted octanol–water partition coefficient (Wildman–Crippen LogP) is 1.14. The summed E-state index contributed by atoms with van der Waals surface area (Å²) in [6.07, 6.45) is 0. The number of halogens is 1. The van der Waals surface area contributed by atoms with Gasteiger partial charge in [0.2, 0.25) is 5.91 Å². The summed E-state index contributed by atoms with van der Waals surface area (Å²) in [4.78, 5) is 16.8. The Hall–Kier alpha value is -1.71. The molecule has 0 aromatic heterocycles. The number of amides is 1. The Balaban J connectivity index is 0.00000400. The van der Waals surface area contributed by atoms with Gasteiger partial charge in [-0.1, -0.05) is 0 Å². The second-order valence-corrected chi connectivity index (χ2v) is 4.18. The molecule has 1 aromatic carbocycles. The third kappa shape index (κ3) is 6.06. The average Bonchev–Trinajstić information content (AvgIpc) is 2.44. The minimum Gasteiger partial charge on any atom is -0.493 e. The highest BCUT2D eigenvalue weighted by Crippen LogP contribution is 2.29. The Morgan fingerprint density at radius 3 is 2.43 bits per heavy atom. The molecular formula is C13H21IN4O3. The van der Waals surface area contributed by atoms with E-state index >= 15 is 0 Å². The summed E-state index contributed by atoms with van der Waals surface area (Å²) in [6, 6.07) is 5.26. The number of guanidine groups is 1. The fraction of sp³-hybridized carbons (Fsp3) is 0.385. The number of nitrogens with two attached hydrogens (primary N) is 1. The zero-order valence-corrected chi connectivity index (χ0v) is 14.9. The molecule has 118 valence electrons. The molecule has 0 atom stereocenters. The number of rotatable bonds is 5. The Kier molecular flexibility index (Phi) is 8.51. The molecule has 0 radical (unpaired) electrons. The van der Waals surface area contributed by atoms with Crippen LogP contribution in [0.4, 0.5) is 5.69 Å². The van der Waals surface area contributed by atoms with Crippen LogP contribution in [0.1, 0.15) is 0 Å². The minimum absolute atomic E-state index is 0. The van der Waals surface area contributed by atoms with Crippen LogP contribution < -0.4 is 20.5 Å². The van der Waals surface area contributed by atoms with E-state index < -0.39 is 0 Å². The summed E-state index contributed by atoms with van der Waals surface area (Å²) >= 11 is 0. The highest BCUT2D eigenvalue weighted by molar-refractivity contribution is 14.0. The van der Waals surface area contributed by atoms with Crippen molar-refractivity contribution in [2.24, 2.45) is 10.7 Å². The van der Waals surface area contributed by atoms with Crippen LogP contribution in [0.3, 0.4) is 0 Å². The van der Waals surface area contributed by atoms with Gasteiger partial charge < -0.3 is 25.4 Å². The van der Waals surface area contributed by atoms with E-state index in [9.17, 15) is 4.79 Å².